The van der Waals surface area contributed by atoms with Gasteiger partial charge in [0.05, 0.1) is 10.9 Å². The molecule has 0 bridgehead atoms. The highest BCUT2D eigenvalue weighted by molar-refractivity contribution is 7.92. The SMILES string of the molecule is Cc1cc(C)cc(NS(=O)(=O)c2ccc3c(c2)C2C=CCC2C(c2ccc(C)s2)N3)c1. The van der Waals surface area contributed by atoms with Crippen molar-refractivity contribution >= 4 is 32.7 Å². The van der Waals surface area contributed by atoms with Crippen LogP contribution in [0.15, 0.2) is 65.6 Å². The van der Waals surface area contributed by atoms with Gasteiger partial charge in [0, 0.05) is 27.0 Å². The Hall–Kier alpha value is -2.57. The van der Waals surface area contributed by atoms with Crippen LogP contribution in [0.3, 0.4) is 0 Å². The molecule has 2 N–H and O–H groups in total. The van der Waals surface area contributed by atoms with Gasteiger partial charge in [0.1, 0.15) is 0 Å². The number of fused-ring (bicyclic) bond motifs is 3. The third kappa shape index (κ3) is 3.79. The number of aryl methyl sites for hydroxylation is 3. The predicted octanol–water partition coefficient (Wildman–Crippen LogP) is 6.30. The quantitative estimate of drug-likeness (QED) is 0.459. The fourth-order valence-corrected chi connectivity index (χ4v) is 6.97. The molecule has 4 nitrogen and oxygen atoms in total. The van der Waals surface area contributed by atoms with Gasteiger partial charge < -0.3 is 5.32 Å². The molecular formula is C25H26N2O2S2. The first kappa shape index (κ1) is 20.3. The van der Waals surface area contributed by atoms with Crippen LogP contribution < -0.4 is 10.0 Å². The van der Waals surface area contributed by atoms with E-state index in [4.69, 9.17) is 0 Å². The van der Waals surface area contributed by atoms with E-state index in [0.29, 0.717) is 16.5 Å². The minimum Gasteiger partial charge on any atom is -0.377 e. The van der Waals surface area contributed by atoms with Crippen molar-refractivity contribution in [1.29, 1.82) is 0 Å². The van der Waals surface area contributed by atoms with E-state index >= 15 is 0 Å². The molecule has 0 saturated heterocycles. The molecule has 0 spiro atoms. The summed E-state index contributed by atoms with van der Waals surface area (Å²) in [6.45, 7) is 6.07. The summed E-state index contributed by atoms with van der Waals surface area (Å²) in [5.74, 6) is 0.621. The molecule has 1 aliphatic heterocycles. The Balaban J connectivity index is 1.49. The third-order valence-electron chi connectivity index (χ3n) is 6.19. The summed E-state index contributed by atoms with van der Waals surface area (Å²) >= 11 is 1.83. The normalized spacial score (nSPS) is 22.0. The van der Waals surface area contributed by atoms with Gasteiger partial charge in [0.15, 0.2) is 0 Å². The summed E-state index contributed by atoms with van der Waals surface area (Å²) in [7, 11) is -3.67. The Kier molecular flexibility index (Phi) is 4.94. The zero-order valence-corrected chi connectivity index (χ0v) is 19.5. The maximum atomic E-state index is 13.1. The number of thiophene rings is 1. The molecule has 3 unspecified atom stereocenters. The van der Waals surface area contributed by atoms with Gasteiger partial charge in [-0.15, -0.1) is 11.3 Å². The fourth-order valence-electron chi connectivity index (χ4n) is 4.89. The van der Waals surface area contributed by atoms with Crippen LogP contribution in [0.1, 0.15) is 44.8 Å². The first-order valence-electron chi connectivity index (χ1n) is 10.5. The second-order valence-corrected chi connectivity index (χ2v) is 11.7. The molecule has 3 atom stereocenters. The van der Waals surface area contributed by atoms with Crippen LogP contribution in [0.25, 0.3) is 0 Å². The van der Waals surface area contributed by atoms with E-state index in [1.54, 1.807) is 6.07 Å². The molecule has 2 aliphatic rings. The number of sulfonamides is 1. The number of nitrogens with one attached hydrogen (secondary N) is 2. The maximum Gasteiger partial charge on any atom is 0.261 e. The zero-order chi connectivity index (χ0) is 21.8. The lowest BCUT2D eigenvalue weighted by Gasteiger charge is -2.37. The topological polar surface area (TPSA) is 58.2 Å². The number of allylic oxidation sites excluding steroid dienone is 2. The molecule has 5 rings (SSSR count). The molecule has 0 radical (unpaired) electrons. The minimum atomic E-state index is -3.67. The molecule has 0 amide bonds. The third-order valence-corrected chi connectivity index (χ3v) is 8.65. The van der Waals surface area contributed by atoms with Crippen LogP contribution in [0.2, 0.25) is 0 Å². The monoisotopic (exact) mass is 450 g/mol. The van der Waals surface area contributed by atoms with Gasteiger partial charge in [-0.25, -0.2) is 8.42 Å². The van der Waals surface area contributed by atoms with Crippen LogP contribution >= 0.6 is 11.3 Å². The number of hydrogen-bond acceptors (Lipinski definition) is 4. The lowest BCUT2D eigenvalue weighted by molar-refractivity contribution is 0.429. The van der Waals surface area contributed by atoms with Crippen molar-refractivity contribution in [1.82, 2.24) is 0 Å². The molecule has 3 aromatic rings. The first-order chi connectivity index (χ1) is 14.8. The Bertz CT molecular complexity index is 1270. The molecule has 0 fully saturated rings. The highest BCUT2D eigenvalue weighted by atomic mass is 32.2. The lowest BCUT2D eigenvalue weighted by Crippen LogP contribution is -2.28. The van der Waals surface area contributed by atoms with E-state index < -0.39 is 10.0 Å². The average Bonchev–Trinajstić information content (AvgIpc) is 3.35. The van der Waals surface area contributed by atoms with Crippen LogP contribution in [-0.4, -0.2) is 8.42 Å². The summed E-state index contributed by atoms with van der Waals surface area (Å²) in [6, 6.07) is 15.8. The van der Waals surface area contributed by atoms with Crippen LogP contribution in [0, 0.1) is 26.7 Å². The molecule has 31 heavy (non-hydrogen) atoms. The molecule has 6 heteroatoms. The smallest absolute Gasteiger partial charge is 0.261 e. The average molecular weight is 451 g/mol. The Morgan fingerprint density at radius 2 is 1.77 bits per heavy atom. The van der Waals surface area contributed by atoms with Crippen molar-refractivity contribution in [2.24, 2.45) is 5.92 Å². The van der Waals surface area contributed by atoms with Gasteiger partial charge >= 0.3 is 0 Å². The number of benzene rings is 2. The largest absolute Gasteiger partial charge is 0.377 e. The summed E-state index contributed by atoms with van der Waals surface area (Å²) in [5.41, 5.74) is 4.74. The van der Waals surface area contributed by atoms with Gasteiger partial charge in [0.2, 0.25) is 0 Å². The van der Waals surface area contributed by atoms with Crippen LogP contribution in [0.5, 0.6) is 0 Å². The van der Waals surface area contributed by atoms with Gasteiger partial charge in [-0.05, 0) is 92.3 Å². The van der Waals surface area contributed by atoms with E-state index in [2.05, 4.69) is 41.2 Å². The fraction of sp³-hybridized carbons (Fsp3) is 0.280. The maximum absolute atomic E-state index is 13.1. The van der Waals surface area contributed by atoms with Gasteiger partial charge in [0.25, 0.3) is 10.0 Å². The van der Waals surface area contributed by atoms with Crippen molar-refractivity contribution in [3.05, 3.63) is 87.1 Å². The summed E-state index contributed by atoms with van der Waals surface area (Å²) in [5, 5.41) is 3.70. The first-order valence-corrected chi connectivity index (χ1v) is 12.8. The number of rotatable bonds is 4. The second-order valence-electron chi connectivity index (χ2n) is 8.65. The summed E-state index contributed by atoms with van der Waals surface area (Å²) < 4.78 is 29.0. The molecular weight excluding hydrogens is 424 g/mol. The van der Waals surface area contributed by atoms with Crippen molar-refractivity contribution in [3.63, 3.8) is 0 Å². The lowest BCUT2D eigenvalue weighted by atomic mass is 9.79. The van der Waals surface area contributed by atoms with Crippen LogP contribution in [-0.2, 0) is 10.0 Å². The molecule has 0 saturated carbocycles. The highest BCUT2D eigenvalue weighted by Gasteiger charge is 2.39. The van der Waals surface area contributed by atoms with Crippen molar-refractivity contribution in [3.8, 4) is 0 Å². The molecule has 160 valence electrons. The predicted molar refractivity (Wildman–Crippen MR) is 129 cm³/mol. The van der Waals surface area contributed by atoms with Crippen molar-refractivity contribution in [2.75, 3.05) is 10.0 Å². The van der Waals surface area contributed by atoms with Crippen molar-refractivity contribution in [2.45, 2.75) is 44.0 Å². The molecule has 2 heterocycles. The second kappa shape index (κ2) is 7.53. The highest BCUT2D eigenvalue weighted by Crippen LogP contribution is 2.51. The Morgan fingerprint density at radius 3 is 2.48 bits per heavy atom. The van der Waals surface area contributed by atoms with Gasteiger partial charge in [-0.3, -0.25) is 4.72 Å². The van der Waals surface area contributed by atoms with E-state index in [1.807, 2.05) is 55.5 Å². The van der Waals surface area contributed by atoms with E-state index in [0.717, 1.165) is 28.8 Å². The van der Waals surface area contributed by atoms with Crippen LogP contribution in [0.4, 0.5) is 11.4 Å². The van der Waals surface area contributed by atoms with E-state index in [1.165, 1.54) is 9.75 Å². The Morgan fingerprint density at radius 1 is 1.00 bits per heavy atom. The summed E-state index contributed by atoms with van der Waals surface area (Å²) in [4.78, 5) is 2.95. The summed E-state index contributed by atoms with van der Waals surface area (Å²) in [6.07, 6.45) is 5.47. The molecule has 2 aromatic carbocycles. The zero-order valence-electron chi connectivity index (χ0n) is 17.8. The van der Waals surface area contributed by atoms with E-state index in [-0.39, 0.29) is 12.0 Å². The number of anilines is 2. The minimum absolute atomic E-state index is 0.222. The van der Waals surface area contributed by atoms with E-state index in [9.17, 15) is 8.42 Å². The standard InChI is InChI=1S/C25H26N2O2S2/c1-15-11-16(2)13-18(12-15)27-31(28,29)19-8-9-23-22(14-19)20-5-4-6-21(20)25(26-23)24-10-7-17(3)30-24/h4-5,7-14,20-21,25-27H,6H2,1-3H3. The molecule has 1 aromatic heterocycles. The van der Waals surface area contributed by atoms with Crippen molar-refractivity contribution < 1.29 is 8.42 Å². The van der Waals surface area contributed by atoms with Gasteiger partial charge in [-0.2, -0.15) is 0 Å². The Labute approximate surface area is 188 Å². The molecule has 1 aliphatic carbocycles. The number of hydrogen-bond donors (Lipinski definition) is 2. The van der Waals surface area contributed by atoms with Gasteiger partial charge in [-0.1, -0.05) is 18.2 Å².